The van der Waals surface area contributed by atoms with E-state index in [9.17, 15) is 0 Å². The van der Waals surface area contributed by atoms with Crippen molar-refractivity contribution >= 4 is 28.8 Å². The van der Waals surface area contributed by atoms with Crippen LogP contribution in [0.15, 0.2) is 0 Å². The van der Waals surface area contributed by atoms with Crippen molar-refractivity contribution in [3.63, 3.8) is 0 Å². The van der Waals surface area contributed by atoms with Crippen molar-refractivity contribution in [2.75, 3.05) is 6.61 Å². The highest BCUT2D eigenvalue weighted by molar-refractivity contribution is 14.1. The Morgan fingerprint density at radius 2 is 1.57 bits per heavy atom. The van der Waals surface area contributed by atoms with Gasteiger partial charge in [-0.25, -0.2) is 0 Å². The molecule has 0 bridgehead atoms. The SMILES string of the molecule is CCCC1CCC(C2CCC(OCCC[SiH2]I)CC2)CC1. The third-order valence-electron chi connectivity index (χ3n) is 5.86. The van der Waals surface area contributed by atoms with Gasteiger partial charge in [0.25, 0.3) is 0 Å². The van der Waals surface area contributed by atoms with Crippen molar-refractivity contribution < 1.29 is 4.74 Å². The Hall–Kier alpha value is 0.907. The van der Waals surface area contributed by atoms with Gasteiger partial charge in [0.15, 0.2) is 0 Å². The molecule has 124 valence electrons. The van der Waals surface area contributed by atoms with E-state index in [1.54, 1.807) is 0 Å². The van der Waals surface area contributed by atoms with E-state index < -0.39 is 0 Å². The van der Waals surface area contributed by atoms with Gasteiger partial charge in [-0.2, -0.15) is 0 Å². The first-order valence-electron chi connectivity index (χ1n) is 9.51. The maximum atomic E-state index is 6.09. The van der Waals surface area contributed by atoms with Crippen LogP contribution in [0.1, 0.15) is 77.6 Å². The fourth-order valence-corrected chi connectivity index (χ4v) is 6.54. The van der Waals surface area contributed by atoms with E-state index in [1.807, 2.05) is 0 Å². The second-order valence-corrected chi connectivity index (χ2v) is 11.7. The summed E-state index contributed by atoms with van der Waals surface area (Å²) in [6.07, 6.45) is 16.5. The Kier molecular flexibility index (Phi) is 9.24. The molecule has 2 aliphatic rings. The third-order valence-corrected chi connectivity index (χ3v) is 8.91. The average Bonchev–Trinajstić information content (AvgIpc) is 2.53. The molecule has 2 saturated carbocycles. The molecule has 2 aliphatic carbocycles. The fraction of sp³-hybridized carbons (Fsp3) is 1.00. The number of halogens is 1. The minimum atomic E-state index is 0.225. The summed E-state index contributed by atoms with van der Waals surface area (Å²) in [6.45, 7) is 3.38. The minimum Gasteiger partial charge on any atom is -0.378 e. The van der Waals surface area contributed by atoms with E-state index in [0.29, 0.717) is 6.10 Å². The summed E-state index contributed by atoms with van der Waals surface area (Å²) < 4.78 is 6.09. The fourth-order valence-electron chi connectivity index (χ4n) is 4.53. The average molecular weight is 422 g/mol. The monoisotopic (exact) mass is 422 g/mol. The Balaban J connectivity index is 1.59. The maximum absolute atomic E-state index is 6.09. The van der Waals surface area contributed by atoms with Crippen LogP contribution < -0.4 is 0 Å². The topological polar surface area (TPSA) is 9.23 Å². The first-order chi connectivity index (χ1) is 10.3. The van der Waals surface area contributed by atoms with Crippen LogP contribution in [-0.2, 0) is 4.74 Å². The lowest BCUT2D eigenvalue weighted by Gasteiger charge is -2.37. The van der Waals surface area contributed by atoms with E-state index in [0.717, 1.165) is 24.4 Å². The molecule has 21 heavy (non-hydrogen) atoms. The van der Waals surface area contributed by atoms with Crippen LogP contribution in [0, 0.1) is 17.8 Å². The highest BCUT2D eigenvalue weighted by Crippen LogP contribution is 2.41. The zero-order valence-corrected chi connectivity index (χ0v) is 17.6. The lowest BCUT2D eigenvalue weighted by atomic mass is 9.70. The van der Waals surface area contributed by atoms with Gasteiger partial charge >= 0.3 is 0 Å². The Labute approximate surface area is 147 Å². The predicted molar refractivity (Wildman–Crippen MR) is 104 cm³/mol. The van der Waals surface area contributed by atoms with Crippen molar-refractivity contribution in [3.05, 3.63) is 0 Å². The highest BCUT2D eigenvalue weighted by Gasteiger charge is 2.30. The molecule has 0 aromatic rings. The molecule has 0 unspecified atom stereocenters. The van der Waals surface area contributed by atoms with Gasteiger partial charge in [-0.05, 0) is 62.7 Å². The lowest BCUT2D eigenvalue weighted by Crippen LogP contribution is -2.28. The number of hydrogen-bond donors (Lipinski definition) is 0. The molecular formula is C18H35IOSi. The van der Waals surface area contributed by atoms with Crippen molar-refractivity contribution in [1.82, 2.24) is 0 Å². The van der Waals surface area contributed by atoms with E-state index in [1.165, 1.54) is 76.7 Å². The Morgan fingerprint density at radius 3 is 2.14 bits per heavy atom. The van der Waals surface area contributed by atoms with Crippen molar-refractivity contribution in [3.8, 4) is 0 Å². The van der Waals surface area contributed by atoms with Crippen LogP contribution >= 0.6 is 21.8 Å². The van der Waals surface area contributed by atoms with Crippen LogP contribution in [0.25, 0.3) is 0 Å². The third kappa shape index (κ3) is 6.50. The largest absolute Gasteiger partial charge is 0.378 e. The number of rotatable bonds is 8. The van der Waals surface area contributed by atoms with Crippen molar-refractivity contribution in [1.29, 1.82) is 0 Å². The molecule has 0 heterocycles. The van der Waals surface area contributed by atoms with Gasteiger partial charge in [-0.3, -0.25) is 0 Å². The molecule has 0 atom stereocenters. The van der Waals surface area contributed by atoms with Crippen LogP contribution in [-0.4, -0.2) is 19.7 Å². The summed E-state index contributed by atoms with van der Waals surface area (Å²) in [6, 6.07) is 1.46. The van der Waals surface area contributed by atoms with Gasteiger partial charge in [0, 0.05) is 6.61 Å². The standard InChI is InChI=1S/C18H35IOSi/c1-2-4-15-5-7-16(8-6-15)17-9-11-18(12-10-17)20-13-3-14-21-19/h15-18H,2-14,21H2,1H3. The van der Waals surface area contributed by atoms with Gasteiger partial charge in [-0.1, -0.05) is 38.7 Å². The zero-order chi connectivity index (χ0) is 14.9. The molecular weight excluding hydrogens is 387 g/mol. The molecule has 0 spiro atoms. The predicted octanol–water partition coefficient (Wildman–Crippen LogP) is 5.50. The summed E-state index contributed by atoms with van der Waals surface area (Å²) in [5, 5.41) is 0. The summed E-state index contributed by atoms with van der Waals surface area (Å²) in [4.78, 5) is 0. The van der Waals surface area contributed by atoms with Gasteiger partial charge < -0.3 is 4.74 Å². The molecule has 0 N–H and O–H groups in total. The second-order valence-electron chi connectivity index (χ2n) is 7.37. The zero-order valence-electron chi connectivity index (χ0n) is 14.0. The van der Waals surface area contributed by atoms with Crippen LogP contribution in [0.5, 0.6) is 0 Å². The second kappa shape index (κ2) is 10.6. The van der Waals surface area contributed by atoms with Gasteiger partial charge in [0.2, 0.25) is 0 Å². The lowest BCUT2D eigenvalue weighted by molar-refractivity contribution is 0.00733. The van der Waals surface area contributed by atoms with Crippen molar-refractivity contribution in [2.24, 2.45) is 17.8 Å². The van der Waals surface area contributed by atoms with E-state index in [-0.39, 0.29) is 7.02 Å². The maximum Gasteiger partial charge on any atom is 0.0938 e. The Morgan fingerprint density at radius 1 is 0.952 bits per heavy atom. The molecule has 1 nitrogen and oxygen atoms in total. The summed E-state index contributed by atoms with van der Waals surface area (Å²) in [7, 11) is 0.225. The minimum absolute atomic E-state index is 0.225. The first kappa shape index (κ1) is 18.2. The van der Waals surface area contributed by atoms with Gasteiger partial charge in [0.05, 0.1) is 13.1 Å². The molecule has 0 aromatic heterocycles. The number of ether oxygens (including phenoxy) is 1. The van der Waals surface area contributed by atoms with E-state index in [2.05, 4.69) is 28.7 Å². The summed E-state index contributed by atoms with van der Waals surface area (Å²) >= 11 is 2.60. The van der Waals surface area contributed by atoms with Crippen LogP contribution in [0.4, 0.5) is 0 Å². The van der Waals surface area contributed by atoms with Crippen molar-refractivity contribution in [2.45, 2.75) is 89.7 Å². The molecule has 0 aliphatic heterocycles. The molecule has 0 saturated heterocycles. The van der Waals surface area contributed by atoms with Crippen LogP contribution in [0.2, 0.25) is 6.04 Å². The summed E-state index contributed by atoms with van der Waals surface area (Å²) in [5.41, 5.74) is 0. The highest BCUT2D eigenvalue weighted by atomic mass is 127. The molecule has 2 fully saturated rings. The first-order valence-corrected chi connectivity index (χ1v) is 15.6. The summed E-state index contributed by atoms with van der Waals surface area (Å²) in [5.74, 6) is 3.16. The van der Waals surface area contributed by atoms with E-state index >= 15 is 0 Å². The molecule has 2 rings (SSSR count). The molecule has 3 heteroatoms. The quantitative estimate of drug-likeness (QED) is 0.217. The molecule has 0 aromatic carbocycles. The Bertz CT molecular complexity index is 258. The van der Waals surface area contributed by atoms with Crippen LogP contribution in [0.3, 0.4) is 0 Å². The van der Waals surface area contributed by atoms with Gasteiger partial charge in [0.1, 0.15) is 0 Å². The number of hydrogen-bond acceptors (Lipinski definition) is 1. The normalized spacial score (nSPS) is 34.6. The van der Waals surface area contributed by atoms with Gasteiger partial charge in [-0.15, -0.1) is 21.8 Å². The smallest absolute Gasteiger partial charge is 0.0938 e. The molecule has 0 radical (unpaired) electrons. The van der Waals surface area contributed by atoms with E-state index in [4.69, 9.17) is 4.74 Å². The molecule has 0 amide bonds.